The Morgan fingerprint density at radius 1 is 1.15 bits per heavy atom. The van der Waals surface area contributed by atoms with Gasteiger partial charge in [0.2, 0.25) is 5.91 Å². The summed E-state index contributed by atoms with van der Waals surface area (Å²) < 4.78 is 10.2. The minimum absolute atomic E-state index is 0.0410. The molecule has 0 atom stereocenters. The van der Waals surface area contributed by atoms with Gasteiger partial charge in [-0.15, -0.1) is 11.3 Å². The Bertz CT molecular complexity index is 1060. The number of thiophene rings is 1. The van der Waals surface area contributed by atoms with E-state index in [1.165, 1.54) is 6.08 Å². The monoisotopic (exact) mass is 487 g/mol. The third kappa shape index (κ3) is 5.95. The van der Waals surface area contributed by atoms with Crippen molar-refractivity contribution in [3.8, 4) is 5.75 Å². The first-order chi connectivity index (χ1) is 16.3. The minimum Gasteiger partial charge on any atom is -0.506 e. The fraction of sp³-hybridized carbons (Fsp3) is 0.375. The molecule has 0 unspecified atom stereocenters. The molecule has 34 heavy (non-hydrogen) atoms. The largest absolute Gasteiger partial charge is 0.506 e. The maximum absolute atomic E-state index is 12.8. The maximum Gasteiger partial charge on any atom is 0.348 e. The number of phenolic OH excluding ortho intramolecular Hbond substituents is 1. The second-order valence-electron chi connectivity index (χ2n) is 7.67. The summed E-state index contributed by atoms with van der Waals surface area (Å²) in [6.45, 7) is 9.76. The van der Waals surface area contributed by atoms with E-state index < -0.39 is 11.9 Å². The Labute approximate surface area is 202 Å². The lowest BCUT2D eigenvalue weighted by molar-refractivity contribution is -0.117. The summed E-state index contributed by atoms with van der Waals surface area (Å²) in [6, 6.07) is 7.17. The number of hydrogen-bond donors (Lipinski definition) is 2. The van der Waals surface area contributed by atoms with Crippen LogP contribution in [0.25, 0.3) is 0 Å². The fourth-order valence-electron chi connectivity index (χ4n) is 3.69. The Hall–Kier alpha value is -3.37. The molecule has 1 fully saturated rings. The molecule has 2 heterocycles. The number of hydrogen-bond acceptors (Lipinski definition) is 9. The van der Waals surface area contributed by atoms with Crippen LogP contribution >= 0.6 is 11.3 Å². The number of ether oxygens (including phenoxy) is 2. The van der Waals surface area contributed by atoms with Gasteiger partial charge in [0.15, 0.2) is 0 Å². The van der Waals surface area contributed by atoms with E-state index in [0.717, 1.165) is 17.0 Å². The molecule has 2 aromatic rings. The van der Waals surface area contributed by atoms with Crippen LogP contribution in [0.1, 0.15) is 32.5 Å². The first-order valence-electron chi connectivity index (χ1n) is 11.0. The average molecular weight is 488 g/mol. The zero-order valence-corrected chi connectivity index (χ0v) is 20.2. The molecule has 1 aromatic carbocycles. The van der Waals surface area contributed by atoms with Gasteiger partial charge in [-0.25, -0.2) is 9.59 Å². The van der Waals surface area contributed by atoms with Gasteiger partial charge >= 0.3 is 11.9 Å². The first-order valence-corrected chi connectivity index (χ1v) is 11.8. The lowest BCUT2D eigenvalue weighted by Crippen LogP contribution is -2.48. The summed E-state index contributed by atoms with van der Waals surface area (Å²) in [4.78, 5) is 42.0. The zero-order valence-electron chi connectivity index (χ0n) is 19.3. The highest BCUT2D eigenvalue weighted by Crippen LogP contribution is 2.34. The topological polar surface area (TPSA) is 108 Å². The summed E-state index contributed by atoms with van der Waals surface area (Å²) in [5, 5.41) is 13.1. The Balaban J connectivity index is 1.66. The van der Waals surface area contributed by atoms with Crippen molar-refractivity contribution in [2.45, 2.75) is 13.8 Å². The third-order valence-corrected chi connectivity index (χ3v) is 6.55. The van der Waals surface area contributed by atoms with E-state index in [2.05, 4.69) is 16.8 Å². The highest BCUT2D eigenvalue weighted by atomic mass is 32.1. The maximum atomic E-state index is 12.8. The van der Waals surface area contributed by atoms with E-state index in [0.29, 0.717) is 31.7 Å². The molecule has 0 radical (unpaired) electrons. The van der Waals surface area contributed by atoms with Crippen LogP contribution in [-0.2, 0) is 14.3 Å². The van der Waals surface area contributed by atoms with Crippen molar-refractivity contribution < 1.29 is 29.0 Å². The summed E-state index contributed by atoms with van der Waals surface area (Å²) in [6.07, 6.45) is 1.45. The van der Waals surface area contributed by atoms with E-state index in [9.17, 15) is 19.5 Å². The van der Waals surface area contributed by atoms with Gasteiger partial charge in [0, 0.05) is 26.2 Å². The predicted molar refractivity (Wildman–Crippen MR) is 131 cm³/mol. The summed E-state index contributed by atoms with van der Waals surface area (Å²) in [5.74, 6) is -1.26. The van der Waals surface area contributed by atoms with Crippen LogP contribution in [0.15, 0.2) is 36.9 Å². The van der Waals surface area contributed by atoms with Crippen LogP contribution in [0.5, 0.6) is 5.75 Å². The number of rotatable bonds is 9. The van der Waals surface area contributed by atoms with Gasteiger partial charge in [0.25, 0.3) is 0 Å². The number of nitrogens with one attached hydrogen (secondary N) is 1. The number of nitrogens with zero attached hydrogens (tertiary/aromatic N) is 2. The molecular weight excluding hydrogens is 458 g/mol. The highest BCUT2D eigenvalue weighted by molar-refractivity contribution is 7.18. The molecule has 0 bridgehead atoms. The van der Waals surface area contributed by atoms with E-state index in [-0.39, 0.29) is 46.9 Å². The number of piperazine rings is 1. The van der Waals surface area contributed by atoms with Crippen LogP contribution in [0, 0.1) is 6.92 Å². The van der Waals surface area contributed by atoms with Gasteiger partial charge in [-0.1, -0.05) is 24.8 Å². The van der Waals surface area contributed by atoms with Crippen molar-refractivity contribution >= 4 is 39.9 Å². The third-order valence-electron chi connectivity index (χ3n) is 5.36. The molecule has 1 saturated heterocycles. The van der Waals surface area contributed by atoms with E-state index in [1.54, 1.807) is 26.0 Å². The number of para-hydroxylation sites is 2. The van der Waals surface area contributed by atoms with Gasteiger partial charge in [0.05, 0.1) is 24.4 Å². The van der Waals surface area contributed by atoms with Gasteiger partial charge in [-0.3, -0.25) is 9.69 Å². The predicted octanol–water partition coefficient (Wildman–Crippen LogP) is 3.04. The zero-order chi connectivity index (χ0) is 24.7. The van der Waals surface area contributed by atoms with Crippen molar-refractivity contribution in [3.63, 3.8) is 0 Å². The molecular formula is C24H29N3O6S. The van der Waals surface area contributed by atoms with Crippen LogP contribution < -0.4 is 10.2 Å². The van der Waals surface area contributed by atoms with E-state index in [4.69, 9.17) is 9.47 Å². The van der Waals surface area contributed by atoms with Crippen LogP contribution in [0.4, 0.5) is 10.7 Å². The second-order valence-corrected chi connectivity index (χ2v) is 8.69. The number of carbonyl (C=O) groups excluding carboxylic acids is 3. The molecule has 2 N–H and O–H groups in total. The number of carbonyl (C=O) groups is 3. The molecule has 1 aromatic heterocycles. The summed E-state index contributed by atoms with van der Waals surface area (Å²) in [5.41, 5.74) is 1.34. The van der Waals surface area contributed by atoms with E-state index >= 15 is 0 Å². The van der Waals surface area contributed by atoms with E-state index in [1.807, 2.05) is 17.0 Å². The molecule has 1 aliphatic heterocycles. The Morgan fingerprint density at radius 2 is 1.85 bits per heavy atom. The number of anilines is 2. The normalized spacial score (nSPS) is 13.9. The average Bonchev–Trinajstić information content (AvgIpc) is 3.14. The standard InChI is InChI=1S/C24H29N3O6S/c1-4-14-33-24(31)21-16(3)20(23(30)32-5-2)22(34-21)25-19(29)15-26-10-12-27(13-11-26)17-8-6-7-9-18(17)28/h4,6-9,28H,1,5,10-15H2,2-3H3,(H,25,29). The molecule has 10 heteroatoms. The summed E-state index contributed by atoms with van der Waals surface area (Å²) >= 11 is 0.992. The number of amides is 1. The highest BCUT2D eigenvalue weighted by Gasteiger charge is 2.28. The molecule has 0 spiro atoms. The summed E-state index contributed by atoms with van der Waals surface area (Å²) in [7, 11) is 0. The Morgan fingerprint density at radius 3 is 2.50 bits per heavy atom. The molecule has 1 amide bonds. The molecule has 3 rings (SSSR count). The molecule has 1 aliphatic rings. The van der Waals surface area contributed by atoms with Gasteiger partial charge in [-0.05, 0) is 31.5 Å². The van der Waals surface area contributed by atoms with Crippen molar-refractivity contribution in [2.24, 2.45) is 0 Å². The van der Waals surface area contributed by atoms with Crippen molar-refractivity contribution in [2.75, 3.05) is 56.2 Å². The number of phenols is 1. The van der Waals surface area contributed by atoms with Crippen LogP contribution in [0.2, 0.25) is 0 Å². The molecule has 0 saturated carbocycles. The van der Waals surface area contributed by atoms with Gasteiger partial charge < -0.3 is 24.8 Å². The lowest BCUT2D eigenvalue weighted by Gasteiger charge is -2.35. The second kappa shape index (κ2) is 11.7. The van der Waals surface area contributed by atoms with Gasteiger partial charge in [-0.2, -0.15) is 0 Å². The Kier molecular flexibility index (Phi) is 8.67. The SMILES string of the molecule is C=CCOC(=O)c1sc(NC(=O)CN2CCN(c3ccccc3O)CC2)c(C(=O)OCC)c1C. The van der Waals surface area contributed by atoms with Crippen molar-refractivity contribution in [1.82, 2.24) is 4.90 Å². The molecule has 0 aliphatic carbocycles. The fourth-order valence-corrected chi connectivity index (χ4v) is 4.80. The van der Waals surface area contributed by atoms with Crippen molar-refractivity contribution in [3.05, 3.63) is 52.9 Å². The van der Waals surface area contributed by atoms with Crippen LogP contribution in [-0.4, -0.2) is 73.8 Å². The first kappa shape index (κ1) is 25.3. The lowest BCUT2D eigenvalue weighted by atomic mass is 10.1. The van der Waals surface area contributed by atoms with Gasteiger partial charge in [0.1, 0.15) is 22.2 Å². The van der Waals surface area contributed by atoms with Crippen LogP contribution in [0.3, 0.4) is 0 Å². The van der Waals surface area contributed by atoms with Crippen molar-refractivity contribution in [1.29, 1.82) is 0 Å². The minimum atomic E-state index is -0.606. The number of esters is 2. The quantitative estimate of drug-likeness (QED) is 0.411. The number of aromatic hydroxyl groups is 1. The molecule has 9 nitrogen and oxygen atoms in total. The smallest absolute Gasteiger partial charge is 0.348 e. The number of benzene rings is 1. The molecule has 182 valence electrons.